The summed E-state index contributed by atoms with van der Waals surface area (Å²) in [4.78, 5) is 13.3. The van der Waals surface area contributed by atoms with Crippen molar-refractivity contribution >= 4 is 5.78 Å². The van der Waals surface area contributed by atoms with Crippen molar-refractivity contribution in [1.82, 2.24) is 9.78 Å². The van der Waals surface area contributed by atoms with Gasteiger partial charge in [-0.05, 0) is 99.7 Å². The molecular weight excluding hydrogens is 374 g/mol. The van der Waals surface area contributed by atoms with Crippen LogP contribution in [0.2, 0.25) is 0 Å². The highest BCUT2D eigenvalue weighted by atomic mass is 16.3. The highest BCUT2D eigenvalue weighted by Gasteiger charge is 2.58. The van der Waals surface area contributed by atoms with Gasteiger partial charge in [0, 0.05) is 12.1 Å². The highest BCUT2D eigenvalue weighted by Crippen LogP contribution is 2.64. The molecule has 5 nitrogen and oxygen atoms in total. The Balaban J connectivity index is 1.30. The van der Waals surface area contributed by atoms with Gasteiger partial charge >= 0.3 is 0 Å². The lowest BCUT2D eigenvalue weighted by Gasteiger charge is -2.56. The van der Waals surface area contributed by atoms with Crippen molar-refractivity contribution in [2.75, 3.05) is 0 Å². The van der Waals surface area contributed by atoms with E-state index in [1.807, 2.05) is 6.92 Å². The maximum absolute atomic E-state index is 13.3. The maximum Gasteiger partial charge on any atom is 0.157 e. The molecule has 162 valence electrons. The van der Waals surface area contributed by atoms with Gasteiger partial charge in [-0.3, -0.25) is 9.48 Å². The van der Waals surface area contributed by atoms with E-state index in [9.17, 15) is 9.90 Å². The van der Waals surface area contributed by atoms with Gasteiger partial charge in [-0.15, -0.1) is 0 Å². The van der Waals surface area contributed by atoms with Crippen LogP contribution in [0.1, 0.15) is 77.2 Å². The molecule has 4 fully saturated rings. The molecule has 0 amide bonds. The Hall–Kier alpha value is -1.67. The Bertz CT molecular complexity index is 868. The van der Waals surface area contributed by atoms with Crippen LogP contribution >= 0.6 is 0 Å². The van der Waals surface area contributed by atoms with E-state index in [2.05, 4.69) is 18.1 Å². The summed E-state index contributed by atoms with van der Waals surface area (Å²) >= 11 is 0. The summed E-state index contributed by atoms with van der Waals surface area (Å²) in [7, 11) is 0. The third-order valence-corrected chi connectivity index (χ3v) is 9.71. The molecule has 4 aliphatic carbocycles. The second kappa shape index (κ2) is 7.19. The van der Waals surface area contributed by atoms with Crippen LogP contribution in [0.3, 0.4) is 0 Å². The number of hydrogen-bond acceptors (Lipinski definition) is 4. The lowest BCUT2D eigenvalue weighted by Crippen LogP contribution is -2.51. The Morgan fingerprint density at radius 2 is 1.97 bits per heavy atom. The number of fused-ring (bicyclic) bond motifs is 5. The van der Waals surface area contributed by atoms with Crippen molar-refractivity contribution < 1.29 is 9.90 Å². The summed E-state index contributed by atoms with van der Waals surface area (Å²) in [6.45, 7) is 4.72. The summed E-state index contributed by atoms with van der Waals surface area (Å²) in [5.41, 5.74) is 0.179. The largest absolute Gasteiger partial charge is 0.390 e. The van der Waals surface area contributed by atoms with Crippen LogP contribution in [0.25, 0.3) is 0 Å². The molecule has 0 aliphatic heterocycles. The Kier molecular flexibility index (Phi) is 4.85. The third kappa shape index (κ3) is 3.23. The van der Waals surface area contributed by atoms with E-state index in [0.29, 0.717) is 29.7 Å². The molecular formula is C25H35N3O2. The standard InChI is InChI=1S/C25H35N3O2/c1-24(30)9-7-18-17(11-24)3-4-20-19(18)8-10-25(2)21(20)5-6-22(25)23(29)15-28-14-16(12-26)13-27-28/h13-14,17-22,30H,3-11,15H2,1-2H3/t17?,18-,19+,20+,21-,22+,24+,25-/m0/s1. The van der Waals surface area contributed by atoms with Gasteiger partial charge in [0.25, 0.3) is 0 Å². The predicted molar refractivity (Wildman–Crippen MR) is 113 cm³/mol. The van der Waals surface area contributed by atoms with Crippen LogP contribution in [-0.2, 0) is 11.3 Å². The van der Waals surface area contributed by atoms with Crippen LogP contribution in [-0.4, -0.2) is 26.3 Å². The molecule has 1 aromatic rings. The second-order valence-corrected chi connectivity index (χ2v) is 11.4. The molecule has 0 aromatic carbocycles. The van der Waals surface area contributed by atoms with E-state index >= 15 is 0 Å². The average molecular weight is 410 g/mol. The van der Waals surface area contributed by atoms with Gasteiger partial charge in [0.05, 0.1) is 23.9 Å². The first kappa shape index (κ1) is 20.2. The molecule has 5 heteroatoms. The summed E-state index contributed by atoms with van der Waals surface area (Å²) in [5, 5.41) is 23.8. The first-order valence-corrected chi connectivity index (χ1v) is 12.0. The average Bonchev–Trinajstić information content (AvgIpc) is 3.30. The summed E-state index contributed by atoms with van der Waals surface area (Å²) in [6.07, 6.45) is 13.5. The molecule has 5 rings (SSSR count). The molecule has 1 heterocycles. The zero-order valence-corrected chi connectivity index (χ0v) is 18.4. The van der Waals surface area contributed by atoms with Crippen LogP contribution in [0, 0.1) is 52.3 Å². The molecule has 4 saturated carbocycles. The first-order chi connectivity index (χ1) is 14.3. The van der Waals surface area contributed by atoms with Gasteiger partial charge in [0.1, 0.15) is 6.07 Å². The molecule has 0 radical (unpaired) electrons. The van der Waals surface area contributed by atoms with Gasteiger partial charge in [-0.2, -0.15) is 10.4 Å². The van der Waals surface area contributed by atoms with Crippen LogP contribution in [0.15, 0.2) is 12.4 Å². The molecule has 4 aliphatic rings. The van der Waals surface area contributed by atoms with Crippen molar-refractivity contribution in [2.24, 2.45) is 40.9 Å². The second-order valence-electron chi connectivity index (χ2n) is 11.4. The van der Waals surface area contributed by atoms with Gasteiger partial charge in [0.2, 0.25) is 0 Å². The SMILES string of the molecule is C[C@@]1(O)CC[C@H]2C(CC[C@@H]3[C@@H]2CC[C@]2(C)[C@@H](C(=O)Cn4cc(C#N)cn4)CC[C@@H]32)C1. The Morgan fingerprint density at radius 3 is 2.73 bits per heavy atom. The van der Waals surface area contributed by atoms with Gasteiger partial charge in [0.15, 0.2) is 5.78 Å². The van der Waals surface area contributed by atoms with E-state index in [0.717, 1.165) is 43.4 Å². The number of nitriles is 1. The molecule has 0 bridgehead atoms. The van der Waals surface area contributed by atoms with Crippen LogP contribution < -0.4 is 0 Å². The third-order valence-electron chi connectivity index (χ3n) is 9.71. The minimum absolute atomic E-state index is 0.121. The number of Topliss-reactive ketones (excluding diaryl/α,β-unsaturated/α-hetero) is 1. The summed E-state index contributed by atoms with van der Waals surface area (Å²) < 4.78 is 1.64. The topological polar surface area (TPSA) is 78.9 Å². The van der Waals surface area contributed by atoms with Crippen LogP contribution in [0.5, 0.6) is 0 Å². The van der Waals surface area contributed by atoms with E-state index in [-0.39, 0.29) is 11.3 Å². The number of rotatable bonds is 3. The van der Waals surface area contributed by atoms with Crippen molar-refractivity contribution in [3.8, 4) is 6.07 Å². The minimum atomic E-state index is -0.458. The Morgan fingerprint density at radius 1 is 1.17 bits per heavy atom. The number of aromatic nitrogens is 2. The highest BCUT2D eigenvalue weighted by molar-refractivity contribution is 5.82. The number of ketones is 1. The lowest BCUT2D eigenvalue weighted by atomic mass is 9.49. The zero-order valence-electron chi connectivity index (χ0n) is 18.4. The molecule has 8 atom stereocenters. The van der Waals surface area contributed by atoms with E-state index < -0.39 is 5.60 Å². The fourth-order valence-corrected chi connectivity index (χ4v) is 8.39. The zero-order chi connectivity index (χ0) is 21.1. The summed E-state index contributed by atoms with van der Waals surface area (Å²) in [5.74, 6) is 4.15. The van der Waals surface area contributed by atoms with E-state index in [1.165, 1.54) is 38.3 Å². The number of carbonyl (C=O) groups is 1. The summed E-state index contributed by atoms with van der Waals surface area (Å²) in [6, 6.07) is 2.09. The smallest absolute Gasteiger partial charge is 0.157 e. The predicted octanol–water partition coefficient (Wildman–Crippen LogP) is 4.34. The molecule has 0 saturated heterocycles. The molecule has 1 N–H and O–H groups in total. The normalized spacial score (nSPS) is 45.1. The van der Waals surface area contributed by atoms with Crippen molar-refractivity contribution in [3.05, 3.63) is 18.0 Å². The van der Waals surface area contributed by atoms with Crippen LogP contribution in [0.4, 0.5) is 0 Å². The quantitative estimate of drug-likeness (QED) is 0.805. The monoisotopic (exact) mass is 409 g/mol. The molecule has 1 unspecified atom stereocenters. The number of aliphatic hydroxyl groups is 1. The van der Waals surface area contributed by atoms with Gasteiger partial charge < -0.3 is 5.11 Å². The molecule has 30 heavy (non-hydrogen) atoms. The van der Waals surface area contributed by atoms with Gasteiger partial charge in [-0.1, -0.05) is 6.92 Å². The number of nitrogens with zero attached hydrogens (tertiary/aromatic N) is 3. The van der Waals surface area contributed by atoms with Crippen molar-refractivity contribution in [1.29, 1.82) is 5.26 Å². The van der Waals surface area contributed by atoms with Gasteiger partial charge in [-0.25, -0.2) is 0 Å². The number of hydrogen-bond donors (Lipinski definition) is 1. The van der Waals surface area contributed by atoms with E-state index in [1.54, 1.807) is 10.9 Å². The minimum Gasteiger partial charge on any atom is -0.390 e. The van der Waals surface area contributed by atoms with Crippen molar-refractivity contribution in [2.45, 2.75) is 83.8 Å². The van der Waals surface area contributed by atoms with Crippen molar-refractivity contribution in [3.63, 3.8) is 0 Å². The fraction of sp³-hybridized carbons (Fsp3) is 0.800. The molecule has 0 spiro atoms. The first-order valence-electron chi connectivity index (χ1n) is 12.0. The maximum atomic E-state index is 13.3. The fourth-order valence-electron chi connectivity index (χ4n) is 8.39. The number of carbonyl (C=O) groups excluding carboxylic acids is 1. The van der Waals surface area contributed by atoms with E-state index in [4.69, 9.17) is 5.26 Å². The molecule has 1 aromatic heterocycles. The lowest BCUT2D eigenvalue weighted by molar-refractivity contribution is -0.133. The Labute approximate surface area is 179 Å².